The minimum Gasteiger partial charge on any atom is -0.497 e. The third-order valence-corrected chi connectivity index (χ3v) is 6.39. The fourth-order valence-corrected chi connectivity index (χ4v) is 4.67. The Hall–Kier alpha value is -4.53. The molecule has 0 radical (unpaired) electrons. The Morgan fingerprint density at radius 2 is 1.83 bits per heavy atom. The number of para-hydroxylation sites is 2. The number of hydrogen-bond donors (Lipinski definition) is 1. The normalized spacial score (nSPS) is 16.2. The number of aromatic nitrogens is 2. The molecule has 1 aromatic heterocycles. The topological polar surface area (TPSA) is 94.9 Å². The summed E-state index contributed by atoms with van der Waals surface area (Å²) in [6.45, 7) is 1.30. The molecule has 0 fully saturated rings. The quantitative estimate of drug-likeness (QED) is 0.446. The third-order valence-electron chi connectivity index (χ3n) is 6.39. The van der Waals surface area contributed by atoms with Gasteiger partial charge in [-0.25, -0.2) is 4.98 Å². The highest BCUT2D eigenvalue weighted by molar-refractivity contribution is 6.05. The van der Waals surface area contributed by atoms with Gasteiger partial charge in [-0.1, -0.05) is 24.3 Å². The summed E-state index contributed by atoms with van der Waals surface area (Å²) in [6.07, 6.45) is -0.0280. The molecule has 3 aromatic carbocycles. The average molecular weight is 485 g/mol. The number of methoxy groups -OCH3 is 1. The highest BCUT2D eigenvalue weighted by Gasteiger charge is 2.41. The van der Waals surface area contributed by atoms with Gasteiger partial charge in [-0.2, -0.15) is 0 Å². The first-order chi connectivity index (χ1) is 17.6. The Kier molecular flexibility index (Phi) is 5.44. The van der Waals surface area contributed by atoms with Gasteiger partial charge < -0.3 is 19.5 Å². The molecule has 0 saturated carbocycles. The van der Waals surface area contributed by atoms with Crippen molar-refractivity contribution >= 4 is 34.5 Å². The number of fused-ring (bicyclic) bond motifs is 4. The molecule has 0 spiro atoms. The summed E-state index contributed by atoms with van der Waals surface area (Å²) in [7, 11) is 1.61. The molecule has 6 rings (SSSR count). The van der Waals surface area contributed by atoms with Crippen LogP contribution in [0.25, 0.3) is 11.0 Å². The first kappa shape index (κ1) is 22.0. The predicted molar refractivity (Wildman–Crippen MR) is 134 cm³/mol. The standard InChI is InChI=1S/C27H24N4O5/c1-34-19-9-6-17(7-10-19)16-30-26(33)22(31-21-5-3-2-4-20(21)29-27(30)31)15-25(32)28-18-8-11-23-24(14-18)36-13-12-35-23/h2-11,14,22H,12-13,15-16H2,1H3,(H,28,32). The molecule has 1 atom stereocenters. The van der Waals surface area contributed by atoms with E-state index in [1.54, 1.807) is 30.2 Å². The molecule has 4 aromatic rings. The number of benzene rings is 3. The molecule has 0 aliphatic carbocycles. The van der Waals surface area contributed by atoms with Gasteiger partial charge >= 0.3 is 0 Å². The van der Waals surface area contributed by atoms with Gasteiger partial charge in [0.2, 0.25) is 11.9 Å². The van der Waals surface area contributed by atoms with Crippen molar-refractivity contribution in [2.45, 2.75) is 19.0 Å². The van der Waals surface area contributed by atoms with E-state index >= 15 is 0 Å². The van der Waals surface area contributed by atoms with Crippen molar-refractivity contribution in [2.24, 2.45) is 0 Å². The summed E-state index contributed by atoms with van der Waals surface area (Å²) in [6, 6.07) is 19.7. The van der Waals surface area contributed by atoms with Gasteiger partial charge in [-0.3, -0.25) is 19.1 Å². The molecule has 182 valence electrons. The zero-order valence-corrected chi connectivity index (χ0v) is 19.6. The molecule has 2 aliphatic rings. The smallest absolute Gasteiger partial charge is 0.253 e. The van der Waals surface area contributed by atoms with Crippen molar-refractivity contribution in [3.63, 3.8) is 0 Å². The lowest BCUT2D eigenvalue weighted by atomic mass is 10.1. The second kappa shape index (κ2) is 8.92. The van der Waals surface area contributed by atoms with Crippen LogP contribution in [0.5, 0.6) is 17.2 Å². The molecule has 0 saturated heterocycles. The van der Waals surface area contributed by atoms with Crippen LogP contribution >= 0.6 is 0 Å². The van der Waals surface area contributed by atoms with E-state index < -0.39 is 6.04 Å². The lowest BCUT2D eigenvalue weighted by molar-refractivity contribution is -0.124. The average Bonchev–Trinajstić information content (AvgIpc) is 3.39. The number of imidazole rings is 1. The highest BCUT2D eigenvalue weighted by Crippen LogP contribution is 2.38. The Bertz CT molecular complexity index is 1460. The van der Waals surface area contributed by atoms with Gasteiger partial charge in [0.1, 0.15) is 25.0 Å². The molecule has 0 bridgehead atoms. The van der Waals surface area contributed by atoms with Crippen LogP contribution in [0.1, 0.15) is 18.0 Å². The number of nitrogens with one attached hydrogen (secondary N) is 1. The van der Waals surface area contributed by atoms with E-state index in [0.29, 0.717) is 42.9 Å². The van der Waals surface area contributed by atoms with Crippen LogP contribution in [0.2, 0.25) is 0 Å². The second-order valence-corrected chi connectivity index (χ2v) is 8.67. The van der Waals surface area contributed by atoms with E-state index in [-0.39, 0.29) is 18.2 Å². The van der Waals surface area contributed by atoms with E-state index in [4.69, 9.17) is 19.2 Å². The number of anilines is 2. The van der Waals surface area contributed by atoms with Gasteiger partial charge in [-0.05, 0) is 42.0 Å². The lowest BCUT2D eigenvalue weighted by Gasteiger charge is -2.19. The van der Waals surface area contributed by atoms with Gasteiger partial charge in [0.05, 0.1) is 31.1 Å². The van der Waals surface area contributed by atoms with Crippen LogP contribution in [0, 0.1) is 0 Å². The molecular formula is C27H24N4O5. The summed E-state index contributed by atoms with van der Waals surface area (Å²) in [5, 5.41) is 2.89. The molecule has 1 unspecified atom stereocenters. The van der Waals surface area contributed by atoms with Crippen LogP contribution in [0.3, 0.4) is 0 Å². The van der Waals surface area contributed by atoms with E-state index in [1.807, 2.05) is 53.1 Å². The van der Waals surface area contributed by atoms with Crippen molar-refractivity contribution in [2.75, 3.05) is 30.5 Å². The minimum absolute atomic E-state index is 0.0280. The van der Waals surface area contributed by atoms with Crippen molar-refractivity contribution in [1.82, 2.24) is 9.55 Å². The molecule has 2 aliphatic heterocycles. The molecule has 3 heterocycles. The highest BCUT2D eigenvalue weighted by atomic mass is 16.6. The monoisotopic (exact) mass is 484 g/mol. The van der Waals surface area contributed by atoms with Gasteiger partial charge in [-0.15, -0.1) is 0 Å². The third kappa shape index (κ3) is 3.88. The Balaban J connectivity index is 1.27. The van der Waals surface area contributed by atoms with Gasteiger partial charge in [0.25, 0.3) is 5.91 Å². The van der Waals surface area contributed by atoms with E-state index in [1.165, 1.54) is 0 Å². The largest absolute Gasteiger partial charge is 0.497 e. The number of carbonyl (C=O) groups excluding carboxylic acids is 2. The van der Waals surface area contributed by atoms with E-state index in [0.717, 1.165) is 22.3 Å². The molecule has 1 N–H and O–H groups in total. The fourth-order valence-electron chi connectivity index (χ4n) is 4.67. The van der Waals surface area contributed by atoms with Crippen LogP contribution in [0.15, 0.2) is 66.7 Å². The summed E-state index contributed by atoms with van der Waals surface area (Å²) < 4.78 is 18.3. The zero-order valence-electron chi connectivity index (χ0n) is 19.6. The van der Waals surface area contributed by atoms with E-state index in [2.05, 4.69) is 5.32 Å². The Morgan fingerprint density at radius 1 is 1.06 bits per heavy atom. The summed E-state index contributed by atoms with van der Waals surface area (Å²) in [5.74, 6) is 2.07. The first-order valence-electron chi connectivity index (χ1n) is 11.7. The van der Waals surface area contributed by atoms with Crippen LogP contribution in [0.4, 0.5) is 11.6 Å². The summed E-state index contributed by atoms with van der Waals surface area (Å²) >= 11 is 0. The maximum absolute atomic E-state index is 13.6. The molecule has 9 heteroatoms. The number of amides is 2. The predicted octanol–water partition coefficient (Wildman–Crippen LogP) is 3.93. The molecule has 2 amide bonds. The molecule has 9 nitrogen and oxygen atoms in total. The zero-order chi connectivity index (χ0) is 24.6. The number of nitrogens with zero attached hydrogens (tertiary/aromatic N) is 3. The van der Waals surface area contributed by atoms with Gasteiger partial charge in [0, 0.05) is 11.8 Å². The van der Waals surface area contributed by atoms with Crippen molar-refractivity contribution in [3.05, 3.63) is 72.3 Å². The molecule has 36 heavy (non-hydrogen) atoms. The first-order valence-corrected chi connectivity index (χ1v) is 11.7. The Morgan fingerprint density at radius 3 is 2.64 bits per heavy atom. The fraction of sp³-hybridized carbons (Fsp3) is 0.222. The van der Waals surface area contributed by atoms with Crippen LogP contribution in [-0.2, 0) is 16.1 Å². The molecular weight excluding hydrogens is 460 g/mol. The van der Waals surface area contributed by atoms with Crippen molar-refractivity contribution in [1.29, 1.82) is 0 Å². The number of ether oxygens (including phenoxy) is 3. The van der Waals surface area contributed by atoms with Crippen LogP contribution < -0.4 is 24.4 Å². The number of carbonyl (C=O) groups is 2. The van der Waals surface area contributed by atoms with Crippen molar-refractivity contribution in [3.8, 4) is 17.2 Å². The maximum Gasteiger partial charge on any atom is 0.253 e. The van der Waals surface area contributed by atoms with Gasteiger partial charge in [0.15, 0.2) is 11.5 Å². The number of rotatable bonds is 6. The Labute approximate surface area is 207 Å². The van der Waals surface area contributed by atoms with E-state index in [9.17, 15) is 9.59 Å². The second-order valence-electron chi connectivity index (χ2n) is 8.67. The number of hydrogen-bond acceptors (Lipinski definition) is 6. The minimum atomic E-state index is -0.706. The SMILES string of the molecule is COc1ccc(CN2C(=O)C(CC(=O)Nc3ccc4c(c3)OCCO4)n3c2nc2ccccc23)cc1. The summed E-state index contributed by atoms with van der Waals surface area (Å²) in [5.41, 5.74) is 3.11. The van der Waals surface area contributed by atoms with Crippen LogP contribution in [-0.4, -0.2) is 41.7 Å². The lowest BCUT2D eigenvalue weighted by Crippen LogP contribution is -2.31. The van der Waals surface area contributed by atoms with Crippen molar-refractivity contribution < 1.29 is 23.8 Å². The summed E-state index contributed by atoms with van der Waals surface area (Å²) in [4.78, 5) is 33.1. The maximum atomic E-state index is 13.6.